The van der Waals surface area contributed by atoms with Crippen LogP contribution in [0.2, 0.25) is 0 Å². The van der Waals surface area contributed by atoms with Crippen LogP contribution in [0.5, 0.6) is 5.75 Å². The molecule has 22 heavy (non-hydrogen) atoms. The normalized spacial score (nSPS) is 18.4. The summed E-state index contributed by atoms with van der Waals surface area (Å²) in [4.78, 5) is 26.9. The predicted molar refractivity (Wildman–Crippen MR) is 82.6 cm³/mol. The molecule has 6 nitrogen and oxygen atoms in total. The maximum Gasteiger partial charge on any atom is 0.407 e. The Morgan fingerprint density at radius 2 is 2.23 bits per heavy atom. The number of hydrogen-bond acceptors (Lipinski definition) is 3. The smallest absolute Gasteiger partial charge is 0.407 e. The number of nitrogens with one attached hydrogen (secondary N) is 1. The molecule has 1 aliphatic rings. The van der Waals surface area contributed by atoms with Gasteiger partial charge in [0.25, 0.3) is 5.56 Å². The molecule has 1 saturated heterocycles. The summed E-state index contributed by atoms with van der Waals surface area (Å²) in [6.45, 7) is 2.86. The number of aromatic amines is 1. The van der Waals surface area contributed by atoms with E-state index in [1.165, 1.54) is 4.90 Å². The van der Waals surface area contributed by atoms with Gasteiger partial charge in [-0.15, -0.1) is 0 Å². The van der Waals surface area contributed by atoms with Crippen LogP contribution in [0.3, 0.4) is 0 Å². The van der Waals surface area contributed by atoms with Crippen molar-refractivity contribution in [2.75, 3.05) is 13.1 Å². The Kier molecular flexibility index (Phi) is 3.75. The van der Waals surface area contributed by atoms with Crippen molar-refractivity contribution in [1.82, 2.24) is 9.88 Å². The molecule has 0 radical (unpaired) electrons. The van der Waals surface area contributed by atoms with Gasteiger partial charge in [0.05, 0.1) is 6.54 Å². The summed E-state index contributed by atoms with van der Waals surface area (Å²) < 4.78 is 5.92. The number of hydrogen-bond donors (Lipinski definition) is 2. The number of pyridine rings is 1. The van der Waals surface area contributed by atoms with Crippen LogP contribution in [-0.2, 0) is 0 Å². The first-order valence-electron chi connectivity index (χ1n) is 7.31. The Morgan fingerprint density at radius 1 is 1.41 bits per heavy atom. The van der Waals surface area contributed by atoms with Crippen molar-refractivity contribution in [1.29, 1.82) is 0 Å². The van der Waals surface area contributed by atoms with Crippen molar-refractivity contribution in [2.45, 2.75) is 25.9 Å². The minimum absolute atomic E-state index is 0.123. The number of ether oxygens (including phenoxy) is 1. The summed E-state index contributed by atoms with van der Waals surface area (Å²) >= 11 is 0. The summed E-state index contributed by atoms with van der Waals surface area (Å²) in [5.41, 5.74) is 0.845. The lowest BCUT2D eigenvalue weighted by Gasteiger charge is -2.31. The number of rotatable bonds is 2. The fraction of sp³-hybridized carbons (Fsp3) is 0.375. The van der Waals surface area contributed by atoms with E-state index >= 15 is 0 Å². The van der Waals surface area contributed by atoms with Crippen LogP contribution >= 0.6 is 0 Å². The Labute approximate surface area is 127 Å². The first kappa shape index (κ1) is 14.4. The maximum atomic E-state index is 11.8. The highest BCUT2D eigenvalue weighted by Crippen LogP contribution is 2.24. The molecule has 0 bridgehead atoms. The summed E-state index contributed by atoms with van der Waals surface area (Å²) in [5, 5.41) is 10.5. The molecule has 0 unspecified atom stereocenters. The predicted octanol–water partition coefficient (Wildman–Crippen LogP) is 2.36. The van der Waals surface area contributed by atoms with Crippen molar-refractivity contribution in [2.24, 2.45) is 0 Å². The highest BCUT2D eigenvalue weighted by molar-refractivity contribution is 5.85. The van der Waals surface area contributed by atoms with Gasteiger partial charge in [0.1, 0.15) is 11.9 Å². The number of fused-ring (bicyclic) bond motifs is 1. The number of nitrogens with zero attached hydrogens (tertiary/aromatic N) is 1. The highest BCUT2D eigenvalue weighted by Gasteiger charge is 2.24. The van der Waals surface area contributed by atoms with Crippen LogP contribution in [0.4, 0.5) is 4.79 Å². The average molecular weight is 302 g/mol. The molecule has 1 amide bonds. The lowest BCUT2D eigenvalue weighted by Crippen LogP contribution is -2.43. The van der Waals surface area contributed by atoms with Gasteiger partial charge in [0, 0.05) is 18.1 Å². The van der Waals surface area contributed by atoms with Gasteiger partial charge in [-0.1, -0.05) is 0 Å². The zero-order valence-corrected chi connectivity index (χ0v) is 12.3. The van der Waals surface area contributed by atoms with E-state index in [4.69, 9.17) is 9.84 Å². The number of carbonyl (C=O) groups is 1. The Morgan fingerprint density at radius 3 is 3.00 bits per heavy atom. The van der Waals surface area contributed by atoms with Crippen molar-refractivity contribution < 1.29 is 14.6 Å². The molecule has 1 fully saturated rings. The third-order valence-electron chi connectivity index (χ3n) is 4.03. The molecular weight excluding hydrogens is 284 g/mol. The number of piperidine rings is 1. The molecule has 0 saturated carbocycles. The van der Waals surface area contributed by atoms with E-state index in [0.717, 1.165) is 23.8 Å². The molecule has 1 aromatic heterocycles. The first-order valence-corrected chi connectivity index (χ1v) is 7.31. The maximum absolute atomic E-state index is 11.8. The lowest BCUT2D eigenvalue weighted by molar-refractivity contribution is 0.0792. The molecule has 0 spiro atoms. The van der Waals surface area contributed by atoms with Crippen molar-refractivity contribution in [3.8, 4) is 5.75 Å². The van der Waals surface area contributed by atoms with Gasteiger partial charge >= 0.3 is 6.09 Å². The van der Waals surface area contributed by atoms with E-state index in [2.05, 4.69) is 4.98 Å². The monoisotopic (exact) mass is 302 g/mol. The van der Waals surface area contributed by atoms with E-state index in [0.29, 0.717) is 24.2 Å². The number of H-pyrrole nitrogens is 1. The van der Waals surface area contributed by atoms with Crippen LogP contribution in [-0.4, -0.2) is 40.3 Å². The van der Waals surface area contributed by atoms with Gasteiger partial charge < -0.3 is 19.7 Å². The fourth-order valence-corrected chi connectivity index (χ4v) is 2.85. The third kappa shape index (κ3) is 2.77. The van der Waals surface area contributed by atoms with Gasteiger partial charge in [-0.2, -0.15) is 0 Å². The number of likely N-dealkylation sites (tertiary alicyclic amines) is 1. The fourth-order valence-electron chi connectivity index (χ4n) is 2.85. The largest absolute Gasteiger partial charge is 0.489 e. The molecule has 6 heteroatoms. The second kappa shape index (κ2) is 5.71. The standard InChI is InChI=1S/C16H18N2O4/c1-10-8-17-15(19)13-5-4-11(7-14(10)13)22-12-3-2-6-18(9-12)16(20)21/h4-5,7-8,12H,2-3,6,9H2,1H3,(H,17,19)(H,20,21)/t12-/m0/s1. The minimum atomic E-state index is -0.908. The number of benzene rings is 1. The molecule has 0 aliphatic carbocycles. The molecule has 1 aromatic carbocycles. The summed E-state index contributed by atoms with van der Waals surface area (Å²) in [5.74, 6) is 0.665. The summed E-state index contributed by atoms with van der Waals surface area (Å²) in [6, 6.07) is 5.35. The van der Waals surface area contributed by atoms with E-state index < -0.39 is 6.09 Å². The summed E-state index contributed by atoms with van der Waals surface area (Å²) in [6.07, 6.45) is 2.25. The van der Waals surface area contributed by atoms with Gasteiger partial charge in [-0.3, -0.25) is 4.79 Å². The van der Waals surface area contributed by atoms with Gasteiger partial charge in [0.2, 0.25) is 0 Å². The summed E-state index contributed by atoms with van der Waals surface area (Å²) in [7, 11) is 0. The second-order valence-corrected chi connectivity index (χ2v) is 5.62. The van der Waals surface area contributed by atoms with Gasteiger partial charge in [-0.25, -0.2) is 4.79 Å². The van der Waals surface area contributed by atoms with Crippen LogP contribution in [0, 0.1) is 6.92 Å². The Balaban J connectivity index is 1.84. The minimum Gasteiger partial charge on any atom is -0.489 e. The quantitative estimate of drug-likeness (QED) is 0.892. The van der Waals surface area contributed by atoms with Gasteiger partial charge in [-0.05, 0) is 48.9 Å². The number of carboxylic acid groups (broad SMARTS) is 1. The Hall–Kier alpha value is -2.50. The van der Waals surface area contributed by atoms with E-state index in [-0.39, 0.29) is 11.7 Å². The molecule has 2 heterocycles. The number of amides is 1. The van der Waals surface area contributed by atoms with E-state index in [1.54, 1.807) is 18.3 Å². The molecule has 116 valence electrons. The highest BCUT2D eigenvalue weighted by atomic mass is 16.5. The van der Waals surface area contributed by atoms with Gasteiger partial charge in [0.15, 0.2) is 0 Å². The molecule has 2 N–H and O–H groups in total. The average Bonchev–Trinajstić information content (AvgIpc) is 2.51. The zero-order valence-electron chi connectivity index (χ0n) is 12.3. The van der Waals surface area contributed by atoms with Crippen LogP contribution in [0.1, 0.15) is 18.4 Å². The first-order chi connectivity index (χ1) is 10.5. The Bertz CT molecular complexity index is 768. The van der Waals surface area contributed by atoms with Crippen LogP contribution < -0.4 is 10.3 Å². The molecule has 1 aliphatic heterocycles. The topological polar surface area (TPSA) is 82.6 Å². The third-order valence-corrected chi connectivity index (χ3v) is 4.03. The SMILES string of the molecule is Cc1c[nH]c(=O)c2ccc(O[C@H]3CCCN(C(=O)O)C3)cc12. The van der Waals surface area contributed by atoms with Crippen LogP contribution in [0.15, 0.2) is 29.2 Å². The van der Waals surface area contributed by atoms with Crippen molar-refractivity contribution >= 4 is 16.9 Å². The second-order valence-electron chi connectivity index (χ2n) is 5.62. The molecule has 2 aromatic rings. The van der Waals surface area contributed by atoms with E-state index in [1.807, 2.05) is 13.0 Å². The van der Waals surface area contributed by atoms with E-state index in [9.17, 15) is 9.59 Å². The molecular formula is C16H18N2O4. The van der Waals surface area contributed by atoms with Crippen molar-refractivity contribution in [3.05, 3.63) is 40.3 Å². The number of aryl methyl sites for hydroxylation is 1. The number of aromatic nitrogens is 1. The molecule has 3 rings (SSSR count). The van der Waals surface area contributed by atoms with Crippen molar-refractivity contribution in [3.63, 3.8) is 0 Å². The molecule has 1 atom stereocenters. The zero-order chi connectivity index (χ0) is 15.7. The lowest BCUT2D eigenvalue weighted by atomic mass is 10.1. The van der Waals surface area contributed by atoms with Crippen LogP contribution in [0.25, 0.3) is 10.8 Å².